The number of anilines is 1. The molecule has 2 aromatic heterocycles. The van der Waals surface area contributed by atoms with Crippen molar-refractivity contribution in [3.63, 3.8) is 0 Å². The Morgan fingerprint density at radius 3 is 2.62 bits per heavy atom. The molecule has 2 aromatic carbocycles. The van der Waals surface area contributed by atoms with Crippen molar-refractivity contribution in [2.24, 2.45) is 5.92 Å². The van der Waals surface area contributed by atoms with Gasteiger partial charge < -0.3 is 23.9 Å². The summed E-state index contributed by atoms with van der Waals surface area (Å²) in [5.74, 6) is 0.694. The van der Waals surface area contributed by atoms with E-state index in [1.807, 2.05) is 32.0 Å². The molecule has 1 atom stereocenters. The molecular weight excluding hydrogens is 530 g/mol. The van der Waals surface area contributed by atoms with Crippen LogP contribution in [0.3, 0.4) is 0 Å². The number of nitrogens with one attached hydrogen (secondary N) is 1. The predicted molar refractivity (Wildman–Crippen MR) is 154 cm³/mol. The van der Waals surface area contributed by atoms with Crippen molar-refractivity contribution < 1.29 is 28.2 Å². The van der Waals surface area contributed by atoms with Gasteiger partial charge in [0.15, 0.2) is 6.61 Å². The quantitative estimate of drug-likeness (QED) is 0.242. The zero-order valence-corrected chi connectivity index (χ0v) is 23.7. The van der Waals surface area contributed by atoms with Gasteiger partial charge >= 0.3 is 5.97 Å². The molecule has 1 unspecified atom stereocenters. The minimum Gasteiger partial charge on any atom is -0.484 e. The first-order valence-electron chi connectivity index (χ1n) is 13.3. The normalized spacial score (nSPS) is 14.4. The van der Waals surface area contributed by atoms with E-state index in [0.717, 1.165) is 40.8 Å². The van der Waals surface area contributed by atoms with Crippen LogP contribution >= 0.6 is 11.3 Å². The molecule has 0 saturated carbocycles. The first kappa shape index (κ1) is 27.5. The molecule has 1 amide bonds. The number of hydrogen-bond acceptors (Lipinski definition) is 8. The zero-order valence-electron chi connectivity index (χ0n) is 22.9. The number of fused-ring (bicyclic) bond motifs is 2. The summed E-state index contributed by atoms with van der Waals surface area (Å²) < 4.78 is 22.4. The molecule has 9 heteroatoms. The van der Waals surface area contributed by atoms with E-state index in [1.165, 1.54) is 17.6 Å². The zero-order chi connectivity index (χ0) is 28.4. The van der Waals surface area contributed by atoms with Gasteiger partial charge in [-0.05, 0) is 86.9 Å². The van der Waals surface area contributed by atoms with Gasteiger partial charge in [-0.15, -0.1) is 11.3 Å². The number of rotatable bonds is 8. The summed E-state index contributed by atoms with van der Waals surface area (Å²) in [6.07, 6.45) is 3.92. The average molecular weight is 562 g/mol. The Morgan fingerprint density at radius 2 is 1.88 bits per heavy atom. The molecule has 0 bridgehead atoms. The monoisotopic (exact) mass is 561 g/mol. The van der Waals surface area contributed by atoms with Crippen molar-refractivity contribution in [3.05, 3.63) is 80.0 Å². The number of ether oxygens (including phenoxy) is 3. The van der Waals surface area contributed by atoms with Gasteiger partial charge in [-0.3, -0.25) is 9.59 Å². The van der Waals surface area contributed by atoms with Crippen LogP contribution in [0.1, 0.15) is 52.2 Å². The van der Waals surface area contributed by atoms with Crippen molar-refractivity contribution in [2.45, 2.75) is 47.0 Å². The van der Waals surface area contributed by atoms with Crippen LogP contribution in [0.15, 0.2) is 51.9 Å². The maximum atomic E-state index is 13.0. The first-order chi connectivity index (χ1) is 19.2. The Labute approximate surface area is 235 Å². The average Bonchev–Trinajstić information content (AvgIpc) is 3.25. The standard InChI is InChI=1S/C31H31NO7S/c1-5-36-31(35)28-23-8-6-17(2)13-26(23)40-30(28)32-27(33)16-37-20-7-9-22-24(14-20)38-15-25(29(22)34)39-21-11-18(3)10-19(4)12-21/h7,9-12,14-15,17H,5-6,8,13,16H2,1-4H3,(H,32,33). The van der Waals surface area contributed by atoms with Gasteiger partial charge in [-0.2, -0.15) is 0 Å². The fourth-order valence-electron chi connectivity index (χ4n) is 4.94. The number of benzene rings is 2. The molecule has 4 aromatic rings. The summed E-state index contributed by atoms with van der Waals surface area (Å²) in [6.45, 7) is 7.83. The number of carbonyl (C=O) groups is 2. The fourth-order valence-corrected chi connectivity index (χ4v) is 6.35. The Kier molecular flexibility index (Phi) is 7.93. The lowest BCUT2D eigenvalue weighted by Gasteiger charge is -2.18. The SMILES string of the molecule is CCOC(=O)c1c(NC(=O)COc2ccc3c(=O)c(Oc4cc(C)cc(C)c4)coc3c2)sc2c1CCC(C)C2. The summed E-state index contributed by atoms with van der Waals surface area (Å²) >= 11 is 1.43. The van der Waals surface area contributed by atoms with E-state index >= 15 is 0 Å². The van der Waals surface area contributed by atoms with Crippen molar-refractivity contribution in [2.75, 3.05) is 18.5 Å². The molecule has 0 radical (unpaired) electrons. The number of aryl methyl sites for hydroxylation is 2. The maximum Gasteiger partial charge on any atom is 0.341 e. The summed E-state index contributed by atoms with van der Waals surface area (Å²) in [6, 6.07) is 10.4. The lowest BCUT2D eigenvalue weighted by atomic mass is 9.88. The highest BCUT2D eigenvalue weighted by atomic mass is 32.1. The molecule has 0 aliphatic heterocycles. The summed E-state index contributed by atoms with van der Waals surface area (Å²) in [5, 5.41) is 3.66. The van der Waals surface area contributed by atoms with Crippen LogP contribution in [0.5, 0.6) is 17.2 Å². The lowest BCUT2D eigenvalue weighted by molar-refractivity contribution is -0.118. The molecule has 0 spiro atoms. The van der Waals surface area contributed by atoms with E-state index in [4.69, 9.17) is 18.6 Å². The van der Waals surface area contributed by atoms with E-state index in [1.54, 1.807) is 25.1 Å². The third-order valence-electron chi connectivity index (χ3n) is 6.75. The largest absolute Gasteiger partial charge is 0.484 e. The summed E-state index contributed by atoms with van der Waals surface area (Å²) in [7, 11) is 0. The van der Waals surface area contributed by atoms with Gasteiger partial charge in [0.1, 0.15) is 28.3 Å². The molecular formula is C31H31NO7S. The van der Waals surface area contributed by atoms with Crippen molar-refractivity contribution in [1.82, 2.24) is 0 Å². The fraction of sp³-hybridized carbons (Fsp3) is 0.323. The third-order valence-corrected chi connectivity index (χ3v) is 7.92. The van der Waals surface area contributed by atoms with Crippen LogP contribution < -0.4 is 20.2 Å². The van der Waals surface area contributed by atoms with Crippen molar-refractivity contribution in [3.8, 4) is 17.2 Å². The first-order valence-corrected chi connectivity index (χ1v) is 14.1. The molecule has 1 N–H and O–H groups in total. The van der Waals surface area contributed by atoms with Gasteiger partial charge in [0.05, 0.1) is 17.6 Å². The predicted octanol–water partition coefficient (Wildman–Crippen LogP) is 6.58. The van der Waals surface area contributed by atoms with Crippen LogP contribution in [-0.4, -0.2) is 25.1 Å². The number of carbonyl (C=O) groups excluding carboxylic acids is 2. The van der Waals surface area contributed by atoms with Gasteiger partial charge in [0, 0.05) is 10.9 Å². The molecule has 2 heterocycles. The highest BCUT2D eigenvalue weighted by Gasteiger charge is 2.29. The molecule has 8 nitrogen and oxygen atoms in total. The van der Waals surface area contributed by atoms with Crippen molar-refractivity contribution >= 4 is 39.2 Å². The van der Waals surface area contributed by atoms with Gasteiger partial charge in [-0.25, -0.2) is 4.79 Å². The minimum absolute atomic E-state index is 0.0796. The highest BCUT2D eigenvalue weighted by Crippen LogP contribution is 2.40. The highest BCUT2D eigenvalue weighted by molar-refractivity contribution is 7.17. The van der Waals surface area contributed by atoms with Gasteiger partial charge in [0.2, 0.25) is 11.2 Å². The topological polar surface area (TPSA) is 104 Å². The Balaban J connectivity index is 1.28. The van der Waals surface area contributed by atoms with Crippen LogP contribution in [0, 0.1) is 19.8 Å². The molecule has 0 saturated heterocycles. The van der Waals surface area contributed by atoms with Crippen LogP contribution in [-0.2, 0) is 22.4 Å². The second kappa shape index (κ2) is 11.6. The molecule has 1 aliphatic rings. The number of thiophene rings is 1. The molecule has 1 aliphatic carbocycles. The van der Waals surface area contributed by atoms with Gasteiger partial charge in [-0.1, -0.05) is 13.0 Å². The summed E-state index contributed by atoms with van der Waals surface area (Å²) in [5.41, 5.74) is 3.47. The lowest BCUT2D eigenvalue weighted by Crippen LogP contribution is -2.21. The molecule has 208 valence electrons. The number of amides is 1. The van der Waals surface area contributed by atoms with Crippen LogP contribution in [0.25, 0.3) is 11.0 Å². The van der Waals surface area contributed by atoms with Crippen LogP contribution in [0.4, 0.5) is 5.00 Å². The second-order valence-electron chi connectivity index (χ2n) is 10.1. The van der Waals surface area contributed by atoms with E-state index in [-0.39, 0.29) is 24.4 Å². The van der Waals surface area contributed by atoms with E-state index in [9.17, 15) is 14.4 Å². The number of esters is 1. The molecule has 5 rings (SSSR count). The smallest absolute Gasteiger partial charge is 0.341 e. The Bertz CT molecular complexity index is 1630. The molecule has 40 heavy (non-hydrogen) atoms. The summed E-state index contributed by atoms with van der Waals surface area (Å²) in [4.78, 5) is 39.6. The molecule has 0 fully saturated rings. The maximum absolute atomic E-state index is 13.0. The van der Waals surface area contributed by atoms with Crippen molar-refractivity contribution in [1.29, 1.82) is 0 Å². The Hall–Kier alpha value is -4.11. The van der Waals surface area contributed by atoms with E-state index in [2.05, 4.69) is 12.2 Å². The minimum atomic E-state index is -0.420. The third kappa shape index (κ3) is 5.89. The van der Waals surface area contributed by atoms with E-state index in [0.29, 0.717) is 39.0 Å². The Morgan fingerprint density at radius 1 is 1.10 bits per heavy atom. The van der Waals surface area contributed by atoms with Gasteiger partial charge in [0.25, 0.3) is 5.91 Å². The van der Waals surface area contributed by atoms with Crippen LogP contribution in [0.2, 0.25) is 0 Å². The number of hydrogen-bond donors (Lipinski definition) is 1. The van der Waals surface area contributed by atoms with E-state index < -0.39 is 11.9 Å². The second-order valence-corrected chi connectivity index (χ2v) is 11.2.